The van der Waals surface area contributed by atoms with E-state index >= 15 is 0 Å². The molecule has 0 bridgehead atoms. The number of carbonyl (C=O) groups is 1. The highest BCUT2D eigenvalue weighted by Gasteiger charge is 2.39. The zero-order valence-corrected chi connectivity index (χ0v) is 13.7. The van der Waals surface area contributed by atoms with Gasteiger partial charge in [-0.1, -0.05) is 74.5 Å². The van der Waals surface area contributed by atoms with E-state index in [1.54, 1.807) is 48.5 Å². The quantitative estimate of drug-likeness (QED) is 0.658. The van der Waals surface area contributed by atoms with E-state index in [0.29, 0.717) is 11.1 Å². The maximum Gasteiger partial charge on any atom is 0.281 e. The van der Waals surface area contributed by atoms with E-state index in [2.05, 4.69) is 10.5 Å². The fraction of sp³-hybridized carbons (Fsp3) is 0.263. The van der Waals surface area contributed by atoms with E-state index < -0.39 is 11.5 Å². The molecule has 2 N–H and O–H groups in total. The fourth-order valence-corrected chi connectivity index (χ4v) is 2.14. The summed E-state index contributed by atoms with van der Waals surface area (Å²) in [5.41, 5.74) is 2.51. The molecule has 4 heteroatoms. The minimum Gasteiger partial charge on any atom is -0.372 e. The van der Waals surface area contributed by atoms with Gasteiger partial charge in [-0.25, -0.2) is 5.43 Å². The van der Waals surface area contributed by atoms with Crippen molar-refractivity contribution in [1.82, 2.24) is 5.43 Å². The Morgan fingerprint density at radius 2 is 1.43 bits per heavy atom. The van der Waals surface area contributed by atoms with Gasteiger partial charge in [-0.05, 0) is 24.0 Å². The van der Waals surface area contributed by atoms with Crippen molar-refractivity contribution in [2.75, 3.05) is 0 Å². The van der Waals surface area contributed by atoms with Crippen molar-refractivity contribution < 1.29 is 9.90 Å². The summed E-state index contributed by atoms with van der Waals surface area (Å²) in [7, 11) is 0. The maximum atomic E-state index is 12.7. The standard InChI is InChI=1S/C19H22N2O2/c1-14(2)15(3)20-21-18(22)19(23,16-10-6-4-7-11-16)17-12-8-5-9-13-17/h4-14,23H,1-3H3,(H,21,22). The summed E-state index contributed by atoms with van der Waals surface area (Å²) in [6.07, 6.45) is 0. The molecule has 0 aliphatic carbocycles. The van der Waals surface area contributed by atoms with Crippen LogP contribution in [0.25, 0.3) is 0 Å². The molecule has 0 unspecified atom stereocenters. The lowest BCUT2D eigenvalue weighted by Crippen LogP contribution is -2.44. The van der Waals surface area contributed by atoms with Crippen LogP contribution >= 0.6 is 0 Å². The Kier molecular flexibility index (Phi) is 5.29. The summed E-state index contributed by atoms with van der Waals surface area (Å²) in [6, 6.07) is 17.8. The number of aliphatic hydroxyl groups is 1. The summed E-state index contributed by atoms with van der Waals surface area (Å²) < 4.78 is 0. The Balaban J connectivity index is 2.43. The largest absolute Gasteiger partial charge is 0.372 e. The molecule has 0 atom stereocenters. The fourth-order valence-electron chi connectivity index (χ4n) is 2.14. The number of carbonyl (C=O) groups excluding carboxylic acids is 1. The third kappa shape index (κ3) is 3.66. The highest BCUT2D eigenvalue weighted by Crippen LogP contribution is 2.29. The van der Waals surface area contributed by atoms with E-state index in [1.807, 2.05) is 32.9 Å². The number of hydrogen-bond donors (Lipinski definition) is 2. The average Bonchev–Trinajstić information content (AvgIpc) is 2.60. The van der Waals surface area contributed by atoms with Gasteiger partial charge in [-0.15, -0.1) is 0 Å². The van der Waals surface area contributed by atoms with E-state index in [-0.39, 0.29) is 5.92 Å². The van der Waals surface area contributed by atoms with Crippen LogP contribution in [0.15, 0.2) is 65.8 Å². The molecule has 0 heterocycles. The van der Waals surface area contributed by atoms with Crippen molar-refractivity contribution in [2.45, 2.75) is 26.4 Å². The molecule has 120 valence electrons. The van der Waals surface area contributed by atoms with Crippen LogP contribution in [-0.2, 0) is 10.4 Å². The second-order valence-corrected chi connectivity index (χ2v) is 5.79. The second kappa shape index (κ2) is 7.20. The van der Waals surface area contributed by atoms with Crippen LogP contribution in [-0.4, -0.2) is 16.7 Å². The van der Waals surface area contributed by atoms with Crippen molar-refractivity contribution in [3.8, 4) is 0 Å². The van der Waals surface area contributed by atoms with E-state index in [0.717, 1.165) is 5.71 Å². The number of hydrazone groups is 1. The molecule has 2 aromatic carbocycles. The lowest BCUT2D eigenvalue weighted by molar-refractivity contribution is -0.136. The van der Waals surface area contributed by atoms with Gasteiger partial charge in [-0.2, -0.15) is 5.10 Å². The molecule has 0 saturated carbocycles. The summed E-state index contributed by atoms with van der Waals surface area (Å²) in [5, 5.41) is 15.3. The van der Waals surface area contributed by atoms with Crippen molar-refractivity contribution in [3.63, 3.8) is 0 Å². The molecule has 0 aliphatic heterocycles. The SMILES string of the molecule is CC(=NNC(=O)C(O)(c1ccccc1)c1ccccc1)C(C)C. The van der Waals surface area contributed by atoms with Gasteiger partial charge in [0.05, 0.1) is 0 Å². The van der Waals surface area contributed by atoms with Gasteiger partial charge >= 0.3 is 0 Å². The summed E-state index contributed by atoms with van der Waals surface area (Å²) in [6.45, 7) is 5.83. The first-order valence-corrected chi connectivity index (χ1v) is 7.64. The number of rotatable bonds is 5. The molecular formula is C19H22N2O2. The topological polar surface area (TPSA) is 61.7 Å². The summed E-state index contributed by atoms with van der Waals surface area (Å²) in [5.74, 6) is -0.355. The van der Waals surface area contributed by atoms with Gasteiger partial charge in [-0.3, -0.25) is 4.79 Å². The monoisotopic (exact) mass is 310 g/mol. The van der Waals surface area contributed by atoms with Gasteiger partial charge in [0.15, 0.2) is 5.60 Å². The molecule has 2 rings (SSSR count). The van der Waals surface area contributed by atoms with Crippen LogP contribution in [0.2, 0.25) is 0 Å². The second-order valence-electron chi connectivity index (χ2n) is 5.79. The third-order valence-electron chi connectivity index (χ3n) is 3.88. The minimum absolute atomic E-state index is 0.219. The third-order valence-corrected chi connectivity index (χ3v) is 3.88. The first-order valence-electron chi connectivity index (χ1n) is 7.64. The van der Waals surface area contributed by atoms with Crippen LogP contribution in [0.1, 0.15) is 31.9 Å². The maximum absolute atomic E-state index is 12.7. The number of benzene rings is 2. The van der Waals surface area contributed by atoms with Crippen LogP contribution in [0.3, 0.4) is 0 Å². The van der Waals surface area contributed by atoms with Crippen molar-refractivity contribution >= 4 is 11.6 Å². The molecule has 0 spiro atoms. The van der Waals surface area contributed by atoms with Gasteiger partial charge in [0.2, 0.25) is 0 Å². The lowest BCUT2D eigenvalue weighted by Gasteiger charge is -2.27. The Morgan fingerprint density at radius 3 is 1.83 bits per heavy atom. The minimum atomic E-state index is -1.79. The zero-order valence-electron chi connectivity index (χ0n) is 13.7. The van der Waals surface area contributed by atoms with Gasteiger partial charge in [0, 0.05) is 5.71 Å². The highest BCUT2D eigenvalue weighted by molar-refractivity contribution is 5.92. The van der Waals surface area contributed by atoms with Gasteiger partial charge in [0.1, 0.15) is 0 Å². The van der Waals surface area contributed by atoms with Crippen LogP contribution in [0.5, 0.6) is 0 Å². The van der Waals surface area contributed by atoms with Crippen LogP contribution < -0.4 is 5.43 Å². The first-order chi connectivity index (χ1) is 11.0. The first kappa shape index (κ1) is 16.9. The number of nitrogens with one attached hydrogen (secondary N) is 1. The van der Waals surface area contributed by atoms with Crippen LogP contribution in [0, 0.1) is 5.92 Å². The summed E-state index contributed by atoms with van der Waals surface area (Å²) >= 11 is 0. The summed E-state index contributed by atoms with van der Waals surface area (Å²) in [4.78, 5) is 12.7. The molecule has 0 aromatic heterocycles. The molecule has 0 aliphatic rings. The van der Waals surface area contributed by atoms with E-state index in [9.17, 15) is 9.90 Å². The molecule has 1 amide bonds. The predicted octanol–water partition coefficient (Wildman–Crippen LogP) is 3.07. The van der Waals surface area contributed by atoms with Gasteiger partial charge < -0.3 is 5.11 Å². The highest BCUT2D eigenvalue weighted by atomic mass is 16.3. The molecule has 23 heavy (non-hydrogen) atoms. The average molecular weight is 310 g/mol. The lowest BCUT2D eigenvalue weighted by atomic mass is 9.85. The molecular weight excluding hydrogens is 288 g/mol. The predicted molar refractivity (Wildman–Crippen MR) is 92.0 cm³/mol. The van der Waals surface area contributed by atoms with Crippen LogP contribution in [0.4, 0.5) is 0 Å². The molecule has 0 saturated heterocycles. The smallest absolute Gasteiger partial charge is 0.281 e. The van der Waals surface area contributed by atoms with E-state index in [1.165, 1.54) is 0 Å². The molecule has 0 fully saturated rings. The van der Waals surface area contributed by atoms with Gasteiger partial charge in [0.25, 0.3) is 5.91 Å². The number of amides is 1. The normalized spacial score (nSPS) is 12.3. The van der Waals surface area contributed by atoms with Crippen molar-refractivity contribution in [2.24, 2.45) is 11.0 Å². The Bertz CT molecular complexity index is 640. The Labute approximate surface area is 136 Å². The molecule has 0 radical (unpaired) electrons. The van der Waals surface area contributed by atoms with E-state index in [4.69, 9.17) is 0 Å². The molecule has 2 aromatic rings. The zero-order chi connectivity index (χ0) is 16.9. The Hall–Kier alpha value is -2.46. The number of nitrogens with zero attached hydrogens (tertiary/aromatic N) is 1. The van der Waals surface area contributed by atoms with Crippen molar-refractivity contribution in [1.29, 1.82) is 0 Å². The Morgan fingerprint density at radius 1 is 1.00 bits per heavy atom. The van der Waals surface area contributed by atoms with Crippen molar-refractivity contribution in [3.05, 3.63) is 71.8 Å². The molecule has 4 nitrogen and oxygen atoms in total. The number of hydrogen-bond acceptors (Lipinski definition) is 3.